The van der Waals surface area contributed by atoms with Gasteiger partial charge in [0.25, 0.3) is 0 Å². The van der Waals surface area contributed by atoms with Crippen molar-refractivity contribution in [1.29, 1.82) is 0 Å². The van der Waals surface area contributed by atoms with Gasteiger partial charge in [0.05, 0.1) is 12.6 Å². The third kappa shape index (κ3) is 1.78. The van der Waals surface area contributed by atoms with Gasteiger partial charge in [-0.25, -0.2) is 4.79 Å². The van der Waals surface area contributed by atoms with Crippen LogP contribution in [0, 0.1) is 0 Å². The molecule has 0 saturated carbocycles. The lowest BCUT2D eigenvalue weighted by molar-refractivity contribution is 0.0596. The molecule has 2 aromatic heterocycles. The van der Waals surface area contributed by atoms with Crippen molar-refractivity contribution in [3.63, 3.8) is 0 Å². The van der Waals surface area contributed by atoms with Crippen LogP contribution in [0.15, 0.2) is 34.7 Å². The lowest BCUT2D eigenvalue weighted by Gasteiger charge is -2.01. The van der Waals surface area contributed by atoms with Crippen molar-refractivity contribution >= 4 is 23.2 Å². The van der Waals surface area contributed by atoms with Crippen molar-refractivity contribution < 1.29 is 18.7 Å². The molecule has 0 aliphatic rings. The number of nitrogens with one attached hydrogen (secondary N) is 1. The number of furan rings is 1. The van der Waals surface area contributed by atoms with Crippen LogP contribution in [-0.4, -0.2) is 29.6 Å². The van der Waals surface area contributed by atoms with E-state index in [2.05, 4.69) is 10.2 Å². The first-order valence-electron chi connectivity index (χ1n) is 5.85. The van der Waals surface area contributed by atoms with Gasteiger partial charge in [-0.1, -0.05) is 12.1 Å². The molecule has 0 unspecified atom stereocenters. The van der Waals surface area contributed by atoms with Gasteiger partial charge < -0.3 is 9.15 Å². The normalized spacial score (nSPS) is 10.7. The summed E-state index contributed by atoms with van der Waals surface area (Å²) in [7, 11) is 1.29. The Balaban J connectivity index is 2.26. The molecule has 6 nitrogen and oxygen atoms in total. The molecule has 2 heterocycles. The quantitative estimate of drug-likeness (QED) is 0.583. The van der Waals surface area contributed by atoms with E-state index in [1.165, 1.54) is 7.11 Å². The second-order valence-electron chi connectivity index (χ2n) is 4.11. The van der Waals surface area contributed by atoms with Gasteiger partial charge in [0.1, 0.15) is 5.76 Å². The lowest BCUT2D eigenvalue weighted by Crippen LogP contribution is -2.02. The van der Waals surface area contributed by atoms with Gasteiger partial charge in [0.15, 0.2) is 17.7 Å². The molecule has 100 valence electrons. The molecule has 0 aliphatic carbocycles. The van der Waals surface area contributed by atoms with E-state index in [0.29, 0.717) is 28.5 Å². The van der Waals surface area contributed by atoms with Crippen LogP contribution in [0.3, 0.4) is 0 Å². The number of carbonyl (C=O) groups excluding carboxylic acids is 2. The maximum absolute atomic E-state index is 11.7. The number of H-pyrrole nitrogens is 1. The molecule has 3 rings (SSSR count). The molecule has 0 saturated heterocycles. The van der Waals surface area contributed by atoms with Crippen molar-refractivity contribution in [2.75, 3.05) is 7.11 Å². The van der Waals surface area contributed by atoms with Gasteiger partial charge in [-0.15, -0.1) is 0 Å². The fourth-order valence-corrected chi connectivity index (χ4v) is 2.08. The molecule has 0 atom stereocenters. The zero-order valence-corrected chi connectivity index (χ0v) is 10.5. The number of hydrogen-bond donors (Lipinski definition) is 1. The third-order valence-corrected chi connectivity index (χ3v) is 2.98. The number of benzene rings is 1. The fraction of sp³-hybridized carbons (Fsp3) is 0.0714. The molecule has 0 amide bonds. The number of aldehydes is 1. The van der Waals surface area contributed by atoms with Crippen molar-refractivity contribution in [3.05, 3.63) is 41.8 Å². The highest BCUT2D eigenvalue weighted by Gasteiger charge is 2.19. The third-order valence-electron chi connectivity index (χ3n) is 2.98. The Morgan fingerprint density at radius 1 is 1.35 bits per heavy atom. The largest absolute Gasteiger partial charge is 0.464 e. The molecule has 0 spiro atoms. The van der Waals surface area contributed by atoms with E-state index >= 15 is 0 Å². The van der Waals surface area contributed by atoms with Gasteiger partial charge in [-0.05, 0) is 18.2 Å². The molecule has 0 aliphatic heterocycles. The Labute approximate surface area is 113 Å². The Morgan fingerprint density at radius 3 is 2.90 bits per heavy atom. The van der Waals surface area contributed by atoms with E-state index in [1.54, 1.807) is 30.3 Å². The van der Waals surface area contributed by atoms with E-state index in [1.807, 2.05) is 0 Å². The molecular formula is C14H10N2O4. The zero-order valence-electron chi connectivity index (χ0n) is 10.5. The molecule has 1 aromatic carbocycles. The highest BCUT2D eigenvalue weighted by Crippen LogP contribution is 2.31. The number of carbonyl (C=O) groups is 2. The Morgan fingerprint density at radius 2 is 2.20 bits per heavy atom. The number of fused-ring (bicyclic) bond motifs is 1. The Bertz CT molecular complexity index is 800. The summed E-state index contributed by atoms with van der Waals surface area (Å²) < 4.78 is 10.1. The minimum absolute atomic E-state index is 0.183. The molecular weight excluding hydrogens is 260 g/mol. The van der Waals surface area contributed by atoms with Crippen LogP contribution in [0.5, 0.6) is 0 Å². The van der Waals surface area contributed by atoms with E-state index < -0.39 is 5.97 Å². The SMILES string of the molecule is COC(=O)c1n[nH]c2cccc(-c3ccc(C=O)o3)c12. The van der Waals surface area contributed by atoms with Crippen LogP contribution in [-0.2, 0) is 4.74 Å². The van der Waals surface area contributed by atoms with Crippen LogP contribution in [0.1, 0.15) is 21.0 Å². The highest BCUT2D eigenvalue weighted by atomic mass is 16.5. The fourth-order valence-electron chi connectivity index (χ4n) is 2.08. The summed E-state index contributed by atoms with van der Waals surface area (Å²) in [4.78, 5) is 22.4. The molecule has 3 aromatic rings. The topological polar surface area (TPSA) is 85.2 Å². The first-order valence-corrected chi connectivity index (χ1v) is 5.85. The van der Waals surface area contributed by atoms with Crippen LogP contribution >= 0.6 is 0 Å². The second kappa shape index (κ2) is 4.65. The average molecular weight is 270 g/mol. The minimum Gasteiger partial charge on any atom is -0.464 e. The Kier molecular flexibility index (Phi) is 2.83. The smallest absolute Gasteiger partial charge is 0.359 e. The van der Waals surface area contributed by atoms with Crippen molar-refractivity contribution in [1.82, 2.24) is 10.2 Å². The Hall–Kier alpha value is -2.89. The number of nitrogens with zero attached hydrogens (tertiary/aromatic N) is 1. The summed E-state index contributed by atoms with van der Waals surface area (Å²) in [6.45, 7) is 0. The predicted molar refractivity (Wildman–Crippen MR) is 70.5 cm³/mol. The molecule has 6 heteroatoms. The van der Waals surface area contributed by atoms with Crippen molar-refractivity contribution in [2.45, 2.75) is 0 Å². The number of hydrogen-bond acceptors (Lipinski definition) is 5. The molecule has 20 heavy (non-hydrogen) atoms. The van der Waals surface area contributed by atoms with Crippen LogP contribution in [0.4, 0.5) is 0 Å². The van der Waals surface area contributed by atoms with Gasteiger partial charge in [0, 0.05) is 10.9 Å². The zero-order chi connectivity index (χ0) is 14.1. The summed E-state index contributed by atoms with van der Waals surface area (Å²) in [5.74, 6) is 0.176. The number of methoxy groups -OCH3 is 1. The maximum Gasteiger partial charge on any atom is 0.359 e. The summed E-state index contributed by atoms with van der Waals surface area (Å²) in [6.07, 6.45) is 0.625. The maximum atomic E-state index is 11.7. The second-order valence-corrected chi connectivity index (χ2v) is 4.11. The van der Waals surface area contributed by atoms with Gasteiger partial charge in [0.2, 0.25) is 0 Å². The molecule has 0 bridgehead atoms. The van der Waals surface area contributed by atoms with Crippen LogP contribution in [0.25, 0.3) is 22.2 Å². The van der Waals surface area contributed by atoms with Crippen LogP contribution < -0.4 is 0 Å². The number of aromatic amines is 1. The standard InChI is InChI=1S/C14H10N2O4/c1-19-14(18)13-12-9(3-2-4-10(12)15-16-13)11-6-5-8(7-17)20-11/h2-7H,1H3,(H,15,16). The summed E-state index contributed by atoms with van der Waals surface area (Å²) in [5, 5.41) is 7.34. The monoisotopic (exact) mass is 270 g/mol. The molecule has 0 radical (unpaired) electrons. The van der Waals surface area contributed by atoms with Gasteiger partial charge in [-0.2, -0.15) is 5.10 Å². The summed E-state index contributed by atoms with van der Waals surface area (Å²) in [5.41, 5.74) is 1.54. The first-order chi connectivity index (χ1) is 9.74. The van der Waals surface area contributed by atoms with Crippen molar-refractivity contribution in [3.8, 4) is 11.3 Å². The average Bonchev–Trinajstić information content (AvgIpc) is 3.12. The highest BCUT2D eigenvalue weighted by molar-refractivity contribution is 6.07. The first kappa shape index (κ1) is 12.2. The van der Waals surface area contributed by atoms with E-state index in [9.17, 15) is 9.59 Å². The van der Waals surface area contributed by atoms with Gasteiger partial charge >= 0.3 is 5.97 Å². The number of rotatable bonds is 3. The lowest BCUT2D eigenvalue weighted by atomic mass is 10.1. The predicted octanol–water partition coefficient (Wildman–Crippen LogP) is 2.42. The number of esters is 1. The number of ether oxygens (including phenoxy) is 1. The van der Waals surface area contributed by atoms with E-state index in [4.69, 9.17) is 9.15 Å². The summed E-state index contributed by atoms with van der Waals surface area (Å²) >= 11 is 0. The molecule has 0 fully saturated rings. The van der Waals surface area contributed by atoms with Gasteiger partial charge in [-0.3, -0.25) is 9.89 Å². The summed E-state index contributed by atoms with van der Waals surface area (Å²) in [6, 6.07) is 8.63. The van der Waals surface area contributed by atoms with E-state index in [0.717, 1.165) is 0 Å². The number of aromatic nitrogens is 2. The van der Waals surface area contributed by atoms with Crippen LogP contribution in [0.2, 0.25) is 0 Å². The minimum atomic E-state index is -0.536. The van der Waals surface area contributed by atoms with E-state index in [-0.39, 0.29) is 11.5 Å². The molecule has 1 N–H and O–H groups in total. The van der Waals surface area contributed by atoms with Crippen molar-refractivity contribution in [2.24, 2.45) is 0 Å².